The van der Waals surface area contributed by atoms with Crippen molar-refractivity contribution in [2.75, 3.05) is 5.32 Å². The molecule has 1 amide bonds. The van der Waals surface area contributed by atoms with Gasteiger partial charge < -0.3 is 15.8 Å². The molecule has 0 saturated heterocycles. The van der Waals surface area contributed by atoms with Crippen molar-refractivity contribution >= 4 is 29.4 Å². The van der Waals surface area contributed by atoms with Crippen molar-refractivity contribution in [3.05, 3.63) is 101 Å². The number of ether oxygens (including phenoxy) is 1. The predicted molar refractivity (Wildman–Crippen MR) is 126 cm³/mol. The summed E-state index contributed by atoms with van der Waals surface area (Å²) in [5.74, 6) is 0.310. The fourth-order valence-electron chi connectivity index (χ4n) is 3.15. The summed E-state index contributed by atoms with van der Waals surface area (Å²) in [7, 11) is 0. The van der Waals surface area contributed by atoms with Gasteiger partial charge in [-0.3, -0.25) is 9.89 Å². The van der Waals surface area contributed by atoms with Crippen LogP contribution < -0.4 is 15.8 Å². The Labute approximate surface area is 190 Å². The third-order valence-corrected chi connectivity index (χ3v) is 4.82. The molecular weight excluding hydrogens is 421 g/mol. The quantitative estimate of drug-likeness (QED) is 0.332. The number of aromatic nitrogens is 2. The fourth-order valence-corrected chi connectivity index (χ4v) is 3.15. The number of carbonyl (C=O) groups excluding carboxylic acids is 1. The van der Waals surface area contributed by atoms with Crippen LogP contribution in [-0.4, -0.2) is 22.3 Å². The summed E-state index contributed by atoms with van der Waals surface area (Å²) in [4.78, 5) is 16.4. The molecule has 0 bridgehead atoms. The highest BCUT2D eigenvalue weighted by atomic mass is 19.1. The Morgan fingerprint density at radius 1 is 1.15 bits per heavy atom. The second-order valence-electron chi connectivity index (χ2n) is 7.40. The van der Waals surface area contributed by atoms with E-state index in [4.69, 9.17) is 10.5 Å². The number of hydrogen-bond donors (Lipinski definition) is 3. The minimum atomic E-state index is -0.643. The highest BCUT2D eigenvalue weighted by molar-refractivity contribution is 6.03. The number of nitrogens with one attached hydrogen (secondary N) is 2. The van der Waals surface area contributed by atoms with E-state index >= 15 is 0 Å². The molecule has 8 heteroatoms. The van der Waals surface area contributed by atoms with Crippen LogP contribution in [0, 0.1) is 12.7 Å². The van der Waals surface area contributed by atoms with Crippen molar-refractivity contribution in [2.45, 2.75) is 13.5 Å². The molecule has 0 aliphatic rings. The van der Waals surface area contributed by atoms with E-state index in [0.29, 0.717) is 18.2 Å². The van der Waals surface area contributed by atoms with Crippen molar-refractivity contribution in [1.29, 1.82) is 0 Å². The first-order chi connectivity index (χ1) is 16.0. The number of primary amides is 1. The Balaban J connectivity index is 1.44. The lowest BCUT2D eigenvalue weighted by Crippen LogP contribution is -2.12. The standard InChI is InChI=1S/C25H22FN5O2/c1-16-3-2-4-20(13-16)29-25-22(23(27)32)24(30-31-25)28-14-17-7-11-21(12-8-17)33-15-18-5-9-19(26)10-6-18/h2-14H,15H2,1H3,(H2,27,32)(H2,29,30,31). The molecule has 0 atom stereocenters. The lowest BCUT2D eigenvalue weighted by Gasteiger charge is -2.06. The third kappa shape index (κ3) is 5.62. The van der Waals surface area contributed by atoms with Crippen LogP contribution in [0.5, 0.6) is 5.75 Å². The molecule has 0 aliphatic heterocycles. The number of nitrogens with zero attached hydrogens (tertiary/aromatic N) is 2. The van der Waals surface area contributed by atoms with Crippen molar-refractivity contribution < 1.29 is 13.9 Å². The monoisotopic (exact) mass is 443 g/mol. The number of anilines is 2. The van der Waals surface area contributed by atoms with Gasteiger partial charge in [0.25, 0.3) is 5.91 Å². The summed E-state index contributed by atoms with van der Waals surface area (Å²) < 4.78 is 18.7. The third-order valence-electron chi connectivity index (χ3n) is 4.82. The molecule has 0 saturated carbocycles. The van der Waals surface area contributed by atoms with Crippen LogP contribution in [0.15, 0.2) is 77.8 Å². The van der Waals surface area contributed by atoms with E-state index < -0.39 is 5.91 Å². The van der Waals surface area contributed by atoms with Crippen molar-refractivity contribution in [3.63, 3.8) is 0 Å². The second-order valence-corrected chi connectivity index (χ2v) is 7.40. The molecule has 0 spiro atoms. The molecule has 0 aliphatic carbocycles. The number of rotatable bonds is 8. The molecule has 1 aromatic heterocycles. The van der Waals surface area contributed by atoms with Gasteiger partial charge in [0, 0.05) is 11.9 Å². The van der Waals surface area contributed by atoms with Gasteiger partial charge in [-0.2, -0.15) is 5.10 Å². The highest BCUT2D eigenvalue weighted by Gasteiger charge is 2.18. The number of amides is 1. The summed E-state index contributed by atoms with van der Waals surface area (Å²) in [6.07, 6.45) is 1.59. The largest absolute Gasteiger partial charge is 0.489 e. The number of aromatic amines is 1. The van der Waals surface area contributed by atoms with Crippen molar-refractivity contribution in [3.8, 4) is 5.75 Å². The van der Waals surface area contributed by atoms with Gasteiger partial charge in [-0.25, -0.2) is 9.38 Å². The topological polar surface area (TPSA) is 105 Å². The van der Waals surface area contributed by atoms with E-state index in [1.165, 1.54) is 12.1 Å². The predicted octanol–water partition coefficient (Wildman–Crippen LogP) is 5.03. The molecule has 33 heavy (non-hydrogen) atoms. The molecule has 4 rings (SSSR count). The van der Waals surface area contributed by atoms with Crippen LogP contribution in [0.25, 0.3) is 0 Å². The Kier molecular flexibility index (Phi) is 6.45. The lowest BCUT2D eigenvalue weighted by atomic mass is 10.2. The van der Waals surface area contributed by atoms with E-state index in [-0.39, 0.29) is 17.2 Å². The highest BCUT2D eigenvalue weighted by Crippen LogP contribution is 2.26. The zero-order valence-corrected chi connectivity index (χ0v) is 17.9. The van der Waals surface area contributed by atoms with Gasteiger partial charge in [0.2, 0.25) is 0 Å². The summed E-state index contributed by atoms with van der Waals surface area (Å²) in [5, 5.41) is 10.0. The summed E-state index contributed by atoms with van der Waals surface area (Å²) in [6, 6.07) is 21.1. The van der Waals surface area contributed by atoms with Crippen LogP contribution in [0.2, 0.25) is 0 Å². The maximum Gasteiger partial charge on any atom is 0.256 e. The smallest absolute Gasteiger partial charge is 0.256 e. The summed E-state index contributed by atoms with van der Waals surface area (Å²) in [5.41, 5.74) is 9.27. The number of nitrogens with two attached hydrogens (primary N) is 1. The Morgan fingerprint density at radius 3 is 2.61 bits per heavy atom. The van der Waals surface area contributed by atoms with E-state index in [1.54, 1.807) is 30.5 Å². The first kappa shape index (κ1) is 21.8. The molecule has 1 heterocycles. The molecule has 0 fully saturated rings. The van der Waals surface area contributed by atoms with Gasteiger partial charge in [0.1, 0.15) is 29.6 Å². The van der Waals surface area contributed by atoms with Crippen molar-refractivity contribution in [2.24, 2.45) is 10.7 Å². The zero-order valence-electron chi connectivity index (χ0n) is 17.9. The summed E-state index contributed by atoms with van der Waals surface area (Å²) in [6.45, 7) is 2.31. The first-order valence-corrected chi connectivity index (χ1v) is 10.2. The van der Waals surface area contributed by atoms with E-state index in [9.17, 15) is 9.18 Å². The van der Waals surface area contributed by atoms with Gasteiger partial charge >= 0.3 is 0 Å². The Bertz CT molecular complexity index is 1280. The van der Waals surface area contributed by atoms with Crippen LogP contribution in [0.4, 0.5) is 21.7 Å². The zero-order chi connectivity index (χ0) is 23.2. The van der Waals surface area contributed by atoms with Crippen LogP contribution in [0.1, 0.15) is 27.0 Å². The Morgan fingerprint density at radius 2 is 1.91 bits per heavy atom. The Hall–Kier alpha value is -4.46. The SMILES string of the molecule is Cc1cccc(Nc2[nH]nc(N=Cc3ccc(OCc4ccc(F)cc4)cc3)c2C(N)=O)c1. The number of aryl methyl sites for hydroxylation is 1. The van der Waals surface area contributed by atoms with E-state index in [0.717, 1.165) is 22.4 Å². The van der Waals surface area contributed by atoms with E-state index in [1.807, 2.05) is 43.3 Å². The number of aliphatic imine (C=N–C) groups is 1. The minimum Gasteiger partial charge on any atom is -0.489 e. The fraction of sp³-hybridized carbons (Fsp3) is 0.0800. The molecule has 166 valence electrons. The maximum atomic E-state index is 13.0. The van der Waals surface area contributed by atoms with Gasteiger partial charge in [-0.1, -0.05) is 24.3 Å². The van der Waals surface area contributed by atoms with Gasteiger partial charge in [0.05, 0.1) is 0 Å². The first-order valence-electron chi connectivity index (χ1n) is 10.2. The lowest BCUT2D eigenvalue weighted by molar-refractivity contribution is 0.100. The minimum absolute atomic E-state index is 0.173. The van der Waals surface area contributed by atoms with Crippen LogP contribution >= 0.6 is 0 Å². The normalized spacial score (nSPS) is 11.0. The molecule has 4 aromatic rings. The molecule has 3 aromatic carbocycles. The number of hydrogen-bond acceptors (Lipinski definition) is 5. The second kappa shape index (κ2) is 9.78. The van der Waals surface area contributed by atoms with Crippen molar-refractivity contribution in [1.82, 2.24) is 10.2 Å². The number of carbonyl (C=O) groups is 1. The van der Waals surface area contributed by atoms with E-state index in [2.05, 4.69) is 20.5 Å². The summed E-state index contributed by atoms with van der Waals surface area (Å²) >= 11 is 0. The van der Waals surface area contributed by atoms with Crippen LogP contribution in [-0.2, 0) is 6.61 Å². The number of H-pyrrole nitrogens is 1. The van der Waals surface area contributed by atoms with Gasteiger partial charge in [-0.15, -0.1) is 0 Å². The molecular formula is C25H22FN5O2. The molecule has 4 N–H and O–H groups in total. The molecule has 0 radical (unpaired) electrons. The van der Waals surface area contributed by atoms with Crippen LogP contribution in [0.3, 0.4) is 0 Å². The maximum absolute atomic E-state index is 13.0. The number of halogens is 1. The average Bonchev–Trinajstić information content (AvgIpc) is 3.20. The number of benzene rings is 3. The molecule has 0 unspecified atom stereocenters. The van der Waals surface area contributed by atoms with Gasteiger partial charge in [0.15, 0.2) is 5.82 Å². The molecule has 7 nitrogen and oxygen atoms in total. The van der Waals surface area contributed by atoms with Gasteiger partial charge in [-0.05, 0) is 72.1 Å². The average molecular weight is 443 g/mol.